The number of aliphatic hydroxyl groups is 2. The number of thiophene rings is 1. The van der Waals surface area contributed by atoms with Gasteiger partial charge in [0.05, 0.1) is 19.3 Å². The molecule has 0 saturated heterocycles. The summed E-state index contributed by atoms with van der Waals surface area (Å²) in [7, 11) is 0. The van der Waals surface area contributed by atoms with Gasteiger partial charge >= 0.3 is 0 Å². The van der Waals surface area contributed by atoms with E-state index in [0.717, 1.165) is 16.0 Å². The molecule has 0 aliphatic heterocycles. The van der Waals surface area contributed by atoms with E-state index in [1.807, 2.05) is 66.0 Å². The number of aliphatic hydroxyl groups excluding tert-OH is 2. The van der Waals surface area contributed by atoms with Gasteiger partial charge in [-0.05, 0) is 22.6 Å². The second-order valence-corrected chi connectivity index (χ2v) is 7.35. The van der Waals surface area contributed by atoms with E-state index in [-0.39, 0.29) is 12.6 Å². The van der Waals surface area contributed by atoms with Gasteiger partial charge in [-0.1, -0.05) is 66.7 Å². The highest BCUT2D eigenvalue weighted by Crippen LogP contribution is 2.27. The summed E-state index contributed by atoms with van der Waals surface area (Å²) in [6, 6.07) is 23.7. The normalized spacial score (nSPS) is 14.6. The van der Waals surface area contributed by atoms with Gasteiger partial charge in [0.25, 0.3) is 0 Å². The molecule has 3 aromatic rings. The van der Waals surface area contributed by atoms with Crippen LogP contribution in [0.2, 0.25) is 0 Å². The Labute approximate surface area is 164 Å². The fourth-order valence-corrected chi connectivity index (χ4v) is 3.81. The van der Waals surface area contributed by atoms with E-state index < -0.39 is 12.2 Å². The van der Waals surface area contributed by atoms with Gasteiger partial charge in [0.2, 0.25) is 0 Å². The molecule has 1 heterocycles. The lowest BCUT2D eigenvalue weighted by Crippen LogP contribution is -2.42. The van der Waals surface area contributed by atoms with Crippen molar-refractivity contribution < 1.29 is 14.9 Å². The highest BCUT2D eigenvalue weighted by Gasteiger charge is 2.30. The topological polar surface area (TPSA) is 61.7 Å². The lowest BCUT2D eigenvalue weighted by Gasteiger charge is -2.31. The lowest BCUT2D eigenvalue weighted by molar-refractivity contribution is -0.0821. The highest BCUT2D eigenvalue weighted by atomic mass is 32.1. The van der Waals surface area contributed by atoms with E-state index in [4.69, 9.17) is 4.74 Å². The van der Waals surface area contributed by atoms with Crippen molar-refractivity contribution in [2.75, 3.05) is 6.61 Å². The van der Waals surface area contributed by atoms with Crippen LogP contribution in [-0.4, -0.2) is 29.0 Å². The molecule has 0 fully saturated rings. The summed E-state index contributed by atoms with van der Waals surface area (Å²) < 4.78 is 6.09. The molecule has 0 amide bonds. The van der Waals surface area contributed by atoms with E-state index in [1.165, 1.54) is 0 Å². The molecule has 0 saturated carbocycles. The van der Waals surface area contributed by atoms with Gasteiger partial charge in [-0.3, -0.25) is 0 Å². The maximum Gasteiger partial charge on any atom is 0.106 e. The zero-order chi connectivity index (χ0) is 18.9. The third kappa shape index (κ3) is 5.73. The summed E-state index contributed by atoms with van der Waals surface area (Å²) in [5.74, 6) is 0. The molecule has 3 atom stereocenters. The van der Waals surface area contributed by atoms with Crippen LogP contribution in [0.1, 0.15) is 22.0 Å². The summed E-state index contributed by atoms with van der Waals surface area (Å²) in [5.41, 5.74) is 2.18. The van der Waals surface area contributed by atoms with Gasteiger partial charge in [0.1, 0.15) is 12.2 Å². The van der Waals surface area contributed by atoms with E-state index in [1.54, 1.807) is 11.3 Å². The maximum absolute atomic E-state index is 10.5. The molecular formula is C22H25NO3S. The van der Waals surface area contributed by atoms with Crippen molar-refractivity contribution >= 4 is 11.3 Å². The predicted molar refractivity (Wildman–Crippen MR) is 108 cm³/mol. The second kappa shape index (κ2) is 10.3. The SMILES string of the molecule is OC[C@H](O)[C@@H](OCc1ccccc1)[C@H](NCc1ccccc1)c1cccs1. The van der Waals surface area contributed by atoms with E-state index in [2.05, 4.69) is 17.4 Å². The average molecular weight is 384 g/mol. The Hall–Kier alpha value is -2.02. The molecule has 0 bridgehead atoms. The van der Waals surface area contributed by atoms with Crippen LogP contribution >= 0.6 is 11.3 Å². The molecule has 27 heavy (non-hydrogen) atoms. The zero-order valence-electron chi connectivity index (χ0n) is 15.1. The number of benzene rings is 2. The minimum Gasteiger partial charge on any atom is -0.394 e. The molecule has 0 spiro atoms. The van der Waals surface area contributed by atoms with Gasteiger partial charge in [-0.2, -0.15) is 0 Å². The molecule has 2 aromatic carbocycles. The molecular weight excluding hydrogens is 358 g/mol. The molecule has 0 radical (unpaired) electrons. The van der Waals surface area contributed by atoms with Crippen molar-refractivity contribution in [2.45, 2.75) is 31.4 Å². The maximum atomic E-state index is 10.5. The number of hydrogen-bond donors (Lipinski definition) is 3. The fraction of sp³-hybridized carbons (Fsp3) is 0.273. The number of hydrogen-bond acceptors (Lipinski definition) is 5. The van der Waals surface area contributed by atoms with Crippen LogP contribution in [0.3, 0.4) is 0 Å². The summed E-state index contributed by atoms with van der Waals surface area (Å²) >= 11 is 1.61. The molecule has 142 valence electrons. The minimum atomic E-state index is -0.982. The van der Waals surface area contributed by atoms with Crippen LogP contribution in [0.15, 0.2) is 78.2 Å². The molecule has 5 heteroatoms. The van der Waals surface area contributed by atoms with Gasteiger partial charge in [-0.25, -0.2) is 0 Å². The molecule has 4 nitrogen and oxygen atoms in total. The van der Waals surface area contributed by atoms with E-state index >= 15 is 0 Å². The van der Waals surface area contributed by atoms with Crippen molar-refractivity contribution in [2.24, 2.45) is 0 Å². The number of ether oxygens (including phenoxy) is 1. The van der Waals surface area contributed by atoms with Crippen molar-refractivity contribution in [1.29, 1.82) is 0 Å². The number of nitrogens with one attached hydrogen (secondary N) is 1. The third-order valence-electron chi connectivity index (χ3n) is 4.40. The first-order valence-corrected chi connectivity index (χ1v) is 9.91. The quantitative estimate of drug-likeness (QED) is 0.501. The molecule has 0 aliphatic rings. The van der Waals surface area contributed by atoms with E-state index in [0.29, 0.717) is 13.2 Å². The first-order valence-electron chi connectivity index (χ1n) is 9.03. The Balaban J connectivity index is 1.76. The zero-order valence-corrected chi connectivity index (χ0v) is 15.9. The fourth-order valence-electron chi connectivity index (χ4n) is 2.97. The van der Waals surface area contributed by atoms with Gasteiger partial charge in [0, 0.05) is 11.4 Å². The molecule has 0 unspecified atom stereocenters. The highest BCUT2D eigenvalue weighted by molar-refractivity contribution is 7.10. The summed E-state index contributed by atoms with van der Waals surface area (Å²) in [5, 5.41) is 25.5. The Morgan fingerprint density at radius 1 is 0.889 bits per heavy atom. The number of rotatable bonds is 10. The minimum absolute atomic E-state index is 0.226. The molecule has 3 rings (SSSR count). The van der Waals surface area contributed by atoms with Crippen molar-refractivity contribution in [1.82, 2.24) is 5.32 Å². The van der Waals surface area contributed by atoms with Gasteiger partial charge < -0.3 is 20.3 Å². The van der Waals surface area contributed by atoms with Gasteiger partial charge in [0.15, 0.2) is 0 Å². The summed E-state index contributed by atoms with van der Waals surface area (Å²) in [4.78, 5) is 1.07. The first kappa shape index (κ1) is 19.7. The largest absolute Gasteiger partial charge is 0.394 e. The Kier molecular flexibility index (Phi) is 7.56. The Morgan fingerprint density at radius 2 is 1.56 bits per heavy atom. The summed E-state index contributed by atoms with van der Waals surface area (Å²) in [6.45, 7) is 0.665. The standard InChI is InChI=1S/C22H25NO3S/c24-15-19(25)22(26-16-18-10-5-2-6-11-18)21(20-12-7-13-27-20)23-14-17-8-3-1-4-9-17/h1-13,19,21-25H,14-16H2/t19-,21+,22+/m0/s1. The van der Waals surface area contributed by atoms with Crippen LogP contribution in [0, 0.1) is 0 Å². The second-order valence-electron chi connectivity index (χ2n) is 6.37. The third-order valence-corrected chi connectivity index (χ3v) is 5.35. The Bertz CT molecular complexity index is 765. The summed E-state index contributed by atoms with van der Waals surface area (Å²) in [6.07, 6.45) is -1.55. The van der Waals surface area contributed by atoms with Crippen molar-refractivity contribution in [3.63, 3.8) is 0 Å². The monoisotopic (exact) mass is 383 g/mol. The average Bonchev–Trinajstić information content (AvgIpc) is 3.26. The molecule has 3 N–H and O–H groups in total. The van der Waals surface area contributed by atoms with Crippen molar-refractivity contribution in [3.05, 3.63) is 94.2 Å². The smallest absolute Gasteiger partial charge is 0.106 e. The van der Waals surface area contributed by atoms with Crippen LogP contribution in [-0.2, 0) is 17.9 Å². The van der Waals surface area contributed by atoms with E-state index in [9.17, 15) is 10.2 Å². The first-order chi connectivity index (χ1) is 13.3. The molecule has 1 aromatic heterocycles. The van der Waals surface area contributed by atoms with Crippen LogP contribution < -0.4 is 5.32 Å². The van der Waals surface area contributed by atoms with Gasteiger partial charge in [-0.15, -0.1) is 11.3 Å². The molecule has 0 aliphatic carbocycles. The lowest BCUT2D eigenvalue weighted by atomic mass is 10.0. The van der Waals surface area contributed by atoms with Crippen LogP contribution in [0.5, 0.6) is 0 Å². The van der Waals surface area contributed by atoms with Crippen LogP contribution in [0.25, 0.3) is 0 Å². The Morgan fingerprint density at radius 3 is 2.15 bits per heavy atom. The van der Waals surface area contributed by atoms with Crippen molar-refractivity contribution in [3.8, 4) is 0 Å². The van der Waals surface area contributed by atoms with Crippen LogP contribution in [0.4, 0.5) is 0 Å². The predicted octanol–water partition coefficient (Wildman–Crippen LogP) is 3.52.